The first-order valence-corrected chi connectivity index (χ1v) is 9.82. The molecular weight excluding hydrogens is 312 g/mol. The normalized spacial score (nSPS) is 25.8. The topological polar surface area (TPSA) is 48.7 Å². The van der Waals surface area contributed by atoms with Gasteiger partial charge in [0.15, 0.2) is 5.96 Å². The van der Waals surface area contributed by atoms with Gasteiger partial charge >= 0.3 is 0 Å². The van der Waals surface area contributed by atoms with Crippen molar-refractivity contribution in [2.24, 2.45) is 10.9 Å². The fourth-order valence-electron chi connectivity index (χ4n) is 4.30. The van der Waals surface area contributed by atoms with E-state index in [1.807, 2.05) is 19.6 Å². The zero-order valence-corrected chi connectivity index (χ0v) is 16.1. The molecule has 3 rings (SSSR count). The van der Waals surface area contributed by atoms with Crippen LogP contribution in [0.15, 0.2) is 23.7 Å². The molecule has 2 unspecified atom stereocenters. The van der Waals surface area contributed by atoms with Gasteiger partial charge in [-0.15, -0.1) is 0 Å². The number of piperidine rings is 1. The summed E-state index contributed by atoms with van der Waals surface area (Å²) < 4.78 is 2.25. The van der Waals surface area contributed by atoms with Gasteiger partial charge < -0.3 is 19.7 Å². The second kappa shape index (κ2) is 8.70. The standard InChI is InChI=1S/C19H34N6/c1-16-8-11-24(14-18(16)25-13-9-21-15-25)19(20-2)22-10-12-23(3)17-6-4-5-7-17/h9,13,15-18H,4-8,10-12,14H2,1-3H3,(H,20,22). The van der Waals surface area contributed by atoms with Crippen LogP contribution in [0.4, 0.5) is 0 Å². The molecule has 1 aromatic rings. The van der Waals surface area contributed by atoms with E-state index in [0.717, 1.165) is 38.2 Å². The van der Waals surface area contributed by atoms with E-state index in [0.29, 0.717) is 12.0 Å². The smallest absolute Gasteiger partial charge is 0.193 e. The summed E-state index contributed by atoms with van der Waals surface area (Å²) >= 11 is 0. The van der Waals surface area contributed by atoms with Crippen LogP contribution in [0.3, 0.4) is 0 Å². The number of hydrogen-bond acceptors (Lipinski definition) is 3. The number of likely N-dealkylation sites (N-methyl/N-ethyl adjacent to an activating group) is 1. The monoisotopic (exact) mass is 346 g/mol. The first-order valence-electron chi connectivity index (χ1n) is 9.82. The second-order valence-corrected chi connectivity index (χ2v) is 7.68. The third-order valence-corrected chi connectivity index (χ3v) is 6.03. The lowest BCUT2D eigenvalue weighted by Crippen LogP contribution is -2.50. The molecular formula is C19H34N6. The highest BCUT2D eigenvalue weighted by Gasteiger charge is 2.29. The molecule has 2 atom stereocenters. The summed E-state index contributed by atoms with van der Waals surface area (Å²) in [6, 6.07) is 1.25. The zero-order chi connectivity index (χ0) is 17.6. The van der Waals surface area contributed by atoms with Crippen LogP contribution in [0, 0.1) is 5.92 Å². The number of hydrogen-bond donors (Lipinski definition) is 1. The Bertz CT molecular complexity index is 534. The van der Waals surface area contributed by atoms with Crippen molar-refractivity contribution in [2.75, 3.05) is 40.3 Å². The molecule has 0 radical (unpaired) electrons. The number of nitrogens with zero attached hydrogens (tertiary/aromatic N) is 5. The summed E-state index contributed by atoms with van der Waals surface area (Å²) in [6.07, 6.45) is 12.6. The molecule has 0 spiro atoms. The maximum absolute atomic E-state index is 4.53. The van der Waals surface area contributed by atoms with E-state index < -0.39 is 0 Å². The van der Waals surface area contributed by atoms with Crippen molar-refractivity contribution >= 4 is 5.96 Å². The Labute approximate surface area is 152 Å². The number of rotatable bonds is 5. The average Bonchev–Trinajstić information content (AvgIpc) is 3.32. The summed E-state index contributed by atoms with van der Waals surface area (Å²) in [5, 5.41) is 3.58. The summed E-state index contributed by atoms with van der Waals surface area (Å²) in [4.78, 5) is 13.7. The molecule has 2 aliphatic rings. The van der Waals surface area contributed by atoms with E-state index in [4.69, 9.17) is 0 Å². The molecule has 1 aliphatic heterocycles. The quantitative estimate of drug-likeness (QED) is 0.656. The Balaban J connectivity index is 1.50. The van der Waals surface area contributed by atoms with Gasteiger partial charge in [-0.1, -0.05) is 19.8 Å². The van der Waals surface area contributed by atoms with Gasteiger partial charge in [-0.2, -0.15) is 0 Å². The summed E-state index contributed by atoms with van der Waals surface area (Å²) in [5.74, 6) is 1.70. The van der Waals surface area contributed by atoms with Crippen LogP contribution >= 0.6 is 0 Å². The van der Waals surface area contributed by atoms with E-state index in [1.165, 1.54) is 32.1 Å². The highest BCUT2D eigenvalue weighted by molar-refractivity contribution is 5.80. The molecule has 2 heterocycles. The van der Waals surface area contributed by atoms with Gasteiger partial charge in [-0.3, -0.25) is 4.99 Å². The molecule has 6 nitrogen and oxygen atoms in total. The van der Waals surface area contributed by atoms with Crippen LogP contribution < -0.4 is 5.32 Å². The highest BCUT2D eigenvalue weighted by Crippen LogP contribution is 2.27. The second-order valence-electron chi connectivity index (χ2n) is 7.68. The Kier molecular flexibility index (Phi) is 6.34. The Hall–Kier alpha value is -1.56. The van der Waals surface area contributed by atoms with Crippen LogP contribution in [-0.4, -0.2) is 71.6 Å². The van der Waals surface area contributed by atoms with Crippen molar-refractivity contribution in [1.29, 1.82) is 0 Å². The van der Waals surface area contributed by atoms with Crippen molar-refractivity contribution in [3.8, 4) is 0 Å². The fourth-order valence-corrected chi connectivity index (χ4v) is 4.30. The van der Waals surface area contributed by atoms with Gasteiger partial charge in [0.05, 0.1) is 12.4 Å². The van der Waals surface area contributed by atoms with Crippen LogP contribution in [0.25, 0.3) is 0 Å². The molecule has 2 fully saturated rings. The first kappa shape index (κ1) is 18.2. The Morgan fingerprint density at radius 1 is 1.32 bits per heavy atom. The zero-order valence-electron chi connectivity index (χ0n) is 16.1. The number of aromatic nitrogens is 2. The lowest BCUT2D eigenvalue weighted by molar-refractivity contribution is 0.188. The summed E-state index contributed by atoms with van der Waals surface area (Å²) in [6.45, 7) is 6.45. The van der Waals surface area contributed by atoms with E-state index in [-0.39, 0.29) is 0 Å². The van der Waals surface area contributed by atoms with Gasteiger partial charge in [0, 0.05) is 51.7 Å². The Morgan fingerprint density at radius 2 is 2.12 bits per heavy atom. The highest BCUT2D eigenvalue weighted by atomic mass is 15.3. The van der Waals surface area contributed by atoms with Crippen LogP contribution in [-0.2, 0) is 0 Å². The molecule has 1 N–H and O–H groups in total. The molecule has 1 aliphatic carbocycles. The molecule has 25 heavy (non-hydrogen) atoms. The summed E-state index contributed by atoms with van der Waals surface area (Å²) in [5.41, 5.74) is 0. The number of likely N-dealkylation sites (tertiary alicyclic amines) is 1. The van der Waals surface area contributed by atoms with Gasteiger partial charge in [-0.25, -0.2) is 4.98 Å². The number of nitrogens with one attached hydrogen (secondary N) is 1. The number of guanidine groups is 1. The van der Waals surface area contributed by atoms with Gasteiger partial charge in [0.1, 0.15) is 0 Å². The van der Waals surface area contributed by atoms with E-state index in [9.17, 15) is 0 Å². The SMILES string of the molecule is CN=C(NCCN(C)C1CCCC1)N1CCC(C)C(n2ccnc2)C1. The predicted octanol–water partition coefficient (Wildman–Crippen LogP) is 2.22. The van der Waals surface area contributed by atoms with Crippen LogP contribution in [0.2, 0.25) is 0 Å². The van der Waals surface area contributed by atoms with E-state index in [1.54, 1.807) is 0 Å². The molecule has 0 amide bonds. The summed E-state index contributed by atoms with van der Waals surface area (Å²) in [7, 11) is 4.16. The largest absolute Gasteiger partial charge is 0.355 e. The third kappa shape index (κ3) is 4.54. The lowest BCUT2D eigenvalue weighted by atomic mass is 9.93. The predicted molar refractivity (Wildman–Crippen MR) is 103 cm³/mol. The minimum Gasteiger partial charge on any atom is -0.355 e. The minimum atomic E-state index is 0.468. The van der Waals surface area contributed by atoms with Gasteiger partial charge in [-0.05, 0) is 32.2 Å². The maximum Gasteiger partial charge on any atom is 0.193 e. The van der Waals surface area contributed by atoms with Crippen molar-refractivity contribution < 1.29 is 0 Å². The van der Waals surface area contributed by atoms with E-state index >= 15 is 0 Å². The lowest BCUT2D eigenvalue weighted by Gasteiger charge is -2.39. The maximum atomic E-state index is 4.53. The van der Waals surface area contributed by atoms with Crippen LogP contribution in [0.1, 0.15) is 45.1 Å². The third-order valence-electron chi connectivity index (χ3n) is 6.03. The first-order chi connectivity index (χ1) is 12.2. The molecule has 1 saturated carbocycles. The molecule has 0 aromatic carbocycles. The van der Waals surface area contributed by atoms with Crippen molar-refractivity contribution in [3.63, 3.8) is 0 Å². The molecule has 1 saturated heterocycles. The average molecular weight is 347 g/mol. The molecule has 1 aromatic heterocycles. The van der Waals surface area contributed by atoms with Crippen LogP contribution in [0.5, 0.6) is 0 Å². The number of aliphatic imine (C=N–C) groups is 1. The van der Waals surface area contributed by atoms with Crippen molar-refractivity contribution in [1.82, 2.24) is 24.7 Å². The molecule has 6 heteroatoms. The van der Waals surface area contributed by atoms with Crippen molar-refractivity contribution in [2.45, 2.75) is 51.1 Å². The fraction of sp³-hybridized carbons (Fsp3) is 0.789. The van der Waals surface area contributed by atoms with Crippen molar-refractivity contribution in [3.05, 3.63) is 18.7 Å². The molecule has 0 bridgehead atoms. The van der Waals surface area contributed by atoms with Gasteiger partial charge in [0.25, 0.3) is 0 Å². The van der Waals surface area contributed by atoms with E-state index in [2.05, 4.69) is 49.8 Å². The number of imidazole rings is 1. The minimum absolute atomic E-state index is 0.468. The van der Waals surface area contributed by atoms with Gasteiger partial charge in [0.2, 0.25) is 0 Å². The molecule has 140 valence electrons. The Morgan fingerprint density at radius 3 is 2.80 bits per heavy atom.